The molecule has 1 aliphatic rings. The highest BCUT2D eigenvalue weighted by atomic mass is 14.9. The molecular formula is C11H23N. The van der Waals surface area contributed by atoms with Gasteiger partial charge >= 0.3 is 0 Å². The molecule has 1 heterocycles. The maximum absolute atomic E-state index is 3.45. The highest BCUT2D eigenvalue weighted by Gasteiger charge is 2.37. The first kappa shape index (κ1) is 10.0. The zero-order valence-corrected chi connectivity index (χ0v) is 8.98. The van der Waals surface area contributed by atoms with Gasteiger partial charge in [0.15, 0.2) is 0 Å². The summed E-state index contributed by atoms with van der Waals surface area (Å²) in [6.07, 6.45) is 2.73. The molecule has 1 saturated heterocycles. The van der Waals surface area contributed by atoms with Gasteiger partial charge in [-0.3, -0.25) is 0 Å². The van der Waals surface area contributed by atoms with Crippen molar-refractivity contribution >= 4 is 0 Å². The Labute approximate surface area is 76.9 Å². The van der Waals surface area contributed by atoms with Crippen LogP contribution in [0.4, 0.5) is 0 Å². The summed E-state index contributed by atoms with van der Waals surface area (Å²) in [6.45, 7) is 12.0. The van der Waals surface area contributed by atoms with Gasteiger partial charge in [-0.25, -0.2) is 0 Å². The molecule has 0 atom stereocenters. The van der Waals surface area contributed by atoms with Crippen molar-refractivity contribution in [2.24, 2.45) is 17.3 Å². The Bertz CT molecular complexity index is 122. The van der Waals surface area contributed by atoms with Crippen molar-refractivity contribution < 1.29 is 0 Å². The molecule has 0 aromatic rings. The van der Waals surface area contributed by atoms with Crippen LogP contribution in [-0.2, 0) is 0 Å². The highest BCUT2D eigenvalue weighted by molar-refractivity contribution is 4.89. The van der Waals surface area contributed by atoms with E-state index in [-0.39, 0.29) is 0 Å². The minimum Gasteiger partial charge on any atom is -0.317 e. The smallest absolute Gasteiger partial charge is 0.00434 e. The number of nitrogens with one attached hydrogen (secondary N) is 1. The Morgan fingerprint density at radius 3 is 1.58 bits per heavy atom. The number of hydrogen-bond donors (Lipinski definition) is 1. The van der Waals surface area contributed by atoms with Crippen LogP contribution in [0, 0.1) is 17.3 Å². The maximum atomic E-state index is 3.45. The summed E-state index contributed by atoms with van der Waals surface area (Å²) in [6, 6.07) is 0. The van der Waals surface area contributed by atoms with E-state index in [4.69, 9.17) is 0 Å². The summed E-state index contributed by atoms with van der Waals surface area (Å²) in [5.41, 5.74) is 0.616. The molecule has 0 aromatic heterocycles. The molecule has 1 rings (SSSR count). The predicted octanol–water partition coefficient (Wildman–Crippen LogP) is 2.67. The van der Waals surface area contributed by atoms with Gasteiger partial charge in [0, 0.05) is 0 Å². The average Bonchev–Trinajstić information content (AvgIpc) is 2.05. The molecule has 1 heteroatoms. The molecule has 1 nitrogen and oxygen atoms in total. The van der Waals surface area contributed by atoms with E-state index in [0.29, 0.717) is 5.41 Å². The lowest BCUT2D eigenvalue weighted by atomic mass is 9.63. The van der Waals surface area contributed by atoms with Gasteiger partial charge in [-0.1, -0.05) is 27.7 Å². The average molecular weight is 169 g/mol. The second-order valence-electron chi connectivity index (χ2n) is 4.79. The van der Waals surface area contributed by atoms with Crippen LogP contribution in [0.25, 0.3) is 0 Å². The standard InChI is InChI=1S/C11H23N/c1-9(2)11(10(3)4)5-7-12-8-6-11/h9-10,12H,5-8H2,1-4H3. The number of piperidine rings is 1. The Morgan fingerprint density at radius 2 is 1.33 bits per heavy atom. The zero-order valence-electron chi connectivity index (χ0n) is 8.98. The molecule has 1 N–H and O–H groups in total. The molecule has 0 aliphatic carbocycles. The SMILES string of the molecule is CC(C)C1(C(C)C)CCNCC1. The van der Waals surface area contributed by atoms with Crippen LogP contribution < -0.4 is 5.32 Å². The van der Waals surface area contributed by atoms with E-state index in [1.54, 1.807) is 0 Å². The molecule has 0 aromatic carbocycles. The monoisotopic (exact) mass is 169 g/mol. The molecular weight excluding hydrogens is 146 g/mol. The van der Waals surface area contributed by atoms with Crippen LogP contribution in [0.2, 0.25) is 0 Å². The largest absolute Gasteiger partial charge is 0.317 e. The minimum atomic E-state index is 0.616. The van der Waals surface area contributed by atoms with Gasteiger partial charge < -0.3 is 5.32 Å². The van der Waals surface area contributed by atoms with Crippen LogP contribution >= 0.6 is 0 Å². The lowest BCUT2D eigenvalue weighted by Gasteiger charge is -2.44. The summed E-state index contributed by atoms with van der Waals surface area (Å²) in [4.78, 5) is 0. The number of rotatable bonds is 2. The molecule has 12 heavy (non-hydrogen) atoms. The summed E-state index contributed by atoms with van der Waals surface area (Å²) in [5, 5.41) is 3.45. The lowest BCUT2D eigenvalue weighted by Crippen LogP contribution is -2.43. The molecule has 1 fully saturated rings. The van der Waals surface area contributed by atoms with E-state index >= 15 is 0 Å². The van der Waals surface area contributed by atoms with Crippen molar-refractivity contribution in [1.29, 1.82) is 0 Å². The van der Waals surface area contributed by atoms with Crippen molar-refractivity contribution in [2.75, 3.05) is 13.1 Å². The number of hydrogen-bond acceptors (Lipinski definition) is 1. The summed E-state index contributed by atoms with van der Waals surface area (Å²) in [7, 11) is 0. The Kier molecular flexibility index (Phi) is 3.16. The Balaban J connectivity index is 2.70. The van der Waals surface area contributed by atoms with E-state index in [0.717, 1.165) is 11.8 Å². The second-order valence-corrected chi connectivity index (χ2v) is 4.79. The fourth-order valence-corrected chi connectivity index (χ4v) is 2.71. The fourth-order valence-electron chi connectivity index (χ4n) is 2.71. The van der Waals surface area contributed by atoms with E-state index in [1.165, 1.54) is 25.9 Å². The molecule has 0 unspecified atom stereocenters. The third-order valence-electron chi connectivity index (χ3n) is 3.83. The third kappa shape index (κ3) is 1.66. The molecule has 0 saturated carbocycles. The lowest BCUT2D eigenvalue weighted by molar-refractivity contribution is 0.0671. The summed E-state index contributed by atoms with van der Waals surface area (Å²) >= 11 is 0. The molecule has 0 radical (unpaired) electrons. The van der Waals surface area contributed by atoms with Crippen LogP contribution in [0.3, 0.4) is 0 Å². The van der Waals surface area contributed by atoms with E-state index < -0.39 is 0 Å². The van der Waals surface area contributed by atoms with Crippen molar-refractivity contribution in [3.63, 3.8) is 0 Å². The molecule has 0 bridgehead atoms. The van der Waals surface area contributed by atoms with Gasteiger partial charge in [-0.15, -0.1) is 0 Å². The van der Waals surface area contributed by atoms with Crippen LogP contribution in [0.5, 0.6) is 0 Å². The minimum absolute atomic E-state index is 0.616. The van der Waals surface area contributed by atoms with Crippen molar-refractivity contribution in [2.45, 2.75) is 40.5 Å². The van der Waals surface area contributed by atoms with Gasteiger partial charge in [-0.2, -0.15) is 0 Å². The topological polar surface area (TPSA) is 12.0 Å². The van der Waals surface area contributed by atoms with Gasteiger partial charge in [0.1, 0.15) is 0 Å². The fraction of sp³-hybridized carbons (Fsp3) is 1.00. The van der Waals surface area contributed by atoms with Gasteiger partial charge in [0.2, 0.25) is 0 Å². The van der Waals surface area contributed by atoms with Crippen LogP contribution in [0.15, 0.2) is 0 Å². The molecule has 0 spiro atoms. The first-order valence-electron chi connectivity index (χ1n) is 5.30. The zero-order chi connectivity index (χ0) is 9.19. The maximum Gasteiger partial charge on any atom is -0.00434 e. The van der Waals surface area contributed by atoms with Gasteiger partial charge in [0.25, 0.3) is 0 Å². The van der Waals surface area contributed by atoms with E-state index in [1.807, 2.05) is 0 Å². The van der Waals surface area contributed by atoms with Crippen molar-refractivity contribution in [3.8, 4) is 0 Å². The molecule has 1 aliphatic heterocycles. The first-order chi connectivity index (χ1) is 5.59. The molecule has 0 amide bonds. The van der Waals surface area contributed by atoms with Gasteiger partial charge in [-0.05, 0) is 43.2 Å². The van der Waals surface area contributed by atoms with E-state index in [2.05, 4.69) is 33.0 Å². The summed E-state index contributed by atoms with van der Waals surface area (Å²) in [5.74, 6) is 1.67. The van der Waals surface area contributed by atoms with Gasteiger partial charge in [0.05, 0.1) is 0 Å². The predicted molar refractivity (Wildman–Crippen MR) is 54.2 cm³/mol. The van der Waals surface area contributed by atoms with Crippen molar-refractivity contribution in [1.82, 2.24) is 5.32 Å². The quantitative estimate of drug-likeness (QED) is 0.670. The third-order valence-corrected chi connectivity index (χ3v) is 3.83. The first-order valence-corrected chi connectivity index (χ1v) is 5.30. The van der Waals surface area contributed by atoms with Crippen molar-refractivity contribution in [3.05, 3.63) is 0 Å². The normalized spacial score (nSPS) is 23.5. The molecule has 72 valence electrons. The van der Waals surface area contributed by atoms with Crippen LogP contribution in [-0.4, -0.2) is 13.1 Å². The Morgan fingerprint density at radius 1 is 0.917 bits per heavy atom. The van der Waals surface area contributed by atoms with Crippen LogP contribution in [0.1, 0.15) is 40.5 Å². The van der Waals surface area contributed by atoms with E-state index in [9.17, 15) is 0 Å². The Hall–Kier alpha value is -0.0400. The summed E-state index contributed by atoms with van der Waals surface area (Å²) < 4.78 is 0. The highest BCUT2D eigenvalue weighted by Crippen LogP contribution is 2.43. The second kappa shape index (κ2) is 3.78.